The number of nitrogen functional groups attached to an aromatic ring is 1. The first-order chi connectivity index (χ1) is 17.5. The molecule has 0 spiro atoms. The lowest BCUT2D eigenvalue weighted by Gasteiger charge is -2.31. The van der Waals surface area contributed by atoms with Crippen LogP contribution in [0.15, 0.2) is 12.7 Å². The second-order valence-electron chi connectivity index (χ2n) is 10.1. The molecule has 1 saturated carbocycles. The van der Waals surface area contributed by atoms with Gasteiger partial charge in [0, 0.05) is 0 Å². The number of aromatic nitrogens is 4. The summed E-state index contributed by atoms with van der Waals surface area (Å²) in [4.78, 5) is 37.5. The Morgan fingerprint density at radius 2 is 1.97 bits per heavy atom. The highest BCUT2D eigenvalue weighted by Gasteiger charge is 2.50. The molecule has 0 aromatic carbocycles. The summed E-state index contributed by atoms with van der Waals surface area (Å²) in [5.74, 6) is -0.220. The van der Waals surface area contributed by atoms with E-state index in [-0.39, 0.29) is 30.5 Å². The van der Waals surface area contributed by atoms with Crippen molar-refractivity contribution >= 4 is 37.2 Å². The lowest BCUT2D eigenvalue weighted by atomic mass is 10.0. The van der Waals surface area contributed by atoms with Gasteiger partial charge in [0.1, 0.15) is 32.0 Å². The number of carbonyl (C=O) groups excluding carboxylic acids is 2. The number of rotatable bonds is 15. The van der Waals surface area contributed by atoms with Crippen molar-refractivity contribution in [1.82, 2.24) is 24.6 Å². The minimum Gasteiger partial charge on any atom is -0.466 e. The Morgan fingerprint density at radius 1 is 1.24 bits per heavy atom. The van der Waals surface area contributed by atoms with Gasteiger partial charge in [-0.25, -0.2) is 15.0 Å². The molecule has 1 aliphatic carbocycles. The average molecular weight is 539 g/mol. The highest BCUT2D eigenvalue weighted by Crippen LogP contribution is 2.50. The third-order valence-corrected chi connectivity index (χ3v) is 7.69. The maximum Gasteiger partial charge on any atom is 0.326 e. The number of ether oxygens (including phenoxy) is 3. The minimum absolute atomic E-state index is 0.168. The van der Waals surface area contributed by atoms with E-state index >= 15 is 0 Å². The van der Waals surface area contributed by atoms with Crippen LogP contribution in [0.2, 0.25) is 0 Å². The predicted molar refractivity (Wildman–Crippen MR) is 139 cm³/mol. The van der Waals surface area contributed by atoms with Gasteiger partial charge >= 0.3 is 11.9 Å². The highest BCUT2D eigenvalue weighted by molar-refractivity contribution is 7.50. The zero-order valence-corrected chi connectivity index (χ0v) is 23.4. The normalized spacial score (nSPS) is 16.5. The van der Waals surface area contributed by atoms with Crippen LogP contribution >= 0.6 is 8.30 Å². The molecule has 2 aromatic heterocycles. The van der Waals surface area contributed by atoms with Crippen LogP contribution in [0.1, 0.15) is 60.8 Å². The van der Waals surface area contributed by atoms with Crippen LogP contribution in [0.3, 0.4) is 0 Å². The number of hydrogen-bond acceptors (Lipinski definition) is 11. The molecule has 13 heteroatoms. The summed E-state index contributed by atoms with van der Waals surface area (Å²) < 4.78 is 24.8. The van der Waals surface area contributed by atoms with E-state index in [0.29, 0.717) is 43.2 Å². The van der Waals surface area contributed by atoms with E-state index in [1.807, 2.05) is 11.5 Å². The van der Waals surface area contributed by atoms with Crippen molar-refractivity contribution in [2.24, 2.45) is 5.41 Å². The minimum atomic E-state index is -1.39. The Bertz CT molecular complexity index is 1070. The van der Waals surface area contributed by atoms with E-state index < -0.39 is 19.3 Å². The fraction of sp³-hybridized carbons (Fsp3) is 0.708. The Balaban J connectivity index is 1.61. The molecule has 12 nitrogen and oxygen atoms in total. The van der Waals surface area contributed by atoms with Gasteiger partial charge in [0.15, 0.2) is 11.5 Å². The van der Waals surface area contributed by atoms with E-state index in [1.54, 1.807) is 40.9 Å². The molecule has 0 aliphatic heterocycles. The number of hydrogen-bond donors (Lipinski definition) is 2. The summed E-state index contributed by atoms with van der Waals surface area (Å²) in [5.41, 5.74) is 5.61. The van der Waals surface area contributed by atoms with Gasteiger partial charge < -0.3 is 29.0 Å². The fourth-order valence-corrected chi connectivity index (χ4v) is 5.34. The number of nitrogens with zero attached hydrogens (tertiary/aromatic N) is 4. The third kappa shape index (κ3) is 7.80. The van der Waals surface area contributed by atoms with E-state index in [4.69, 9.17) is 24.5 Å². The summed E-state index contributed by atoms with van der Waals surface area (Å²) in [6, 6.07) is 0. The van der Waals surface area contributed by atoms with Crippen molar-refractivity contribution in [3.8, 4) is 0 Å². The van der Waals surface area contributed by atoms with Crippen molar-refractivity contribution in [1.29, 1.82) is 0 Å². The molecule has 0 amide bonds. The Labute approximate surface area is 218 Å². The van der Waals surface area contributed by atoms with Crippen LogP contribution < -0.4 is 10.8 Å². The lowest BCUT2D eigenvalue weighted by molar-refractivity contribution is -0.153. The van der Waals surface area contributed by atoms with Crippen LogP contribution in [0.25, 0.3) is 11.2 Å². The molecule has 0 radical (unpaired) electrons. The first-order valence-electron chi connectivity index (χ1n) is 12.6. The van der Waals surface area contributed by atoms with Gasteiger partial charge in [-0.3, -0.25) is 14.7 Å². The molecular weight excluding hydrogens is 499 g/mol. The monoisotopic (exact) mass is 538 g/mol. The highest BCUT2D eigenvalue weighted by atomic mass is 31.2. The molecule has 1 aliphatic rings. The molecule has 2 atom stereocenters. The summed E-state index contributed by atoms with van der Waals surface area (Å²) in [6.45, 7) is 12.0. The van der Waals surface area contributed by atoms with Gasteiger partial charge in [0.2, 0.25) is 0 Å². The maximum absolute atomic E-state index is 12.7. The van der Waals surface area contributed by atoms with Gasteiger partial charge in [-0.1, -0.05) is 0 Å². The molecule has 0 saturated heterocycles. The SMILES string of the molecule is CCOC(=O)C1(CCOP(CO[C@H](C)Cn2cnc3c(N)ncnc32)NC(C)(C)C(=O)OC(C)C)CC1. The number of imidazole rings is 1. The topological polar surface area (TPSA) is 153 Å². The lowest BCUT2D eigenvalue weighted by Crippen LogP contribution is -2.46. The largest absolute Gasteiger partial charge is 0.466 e. The molecule has 3 rings (SSSR count). The molecule has 206 valence electrons. The number of carbonyl (C=O) groups is 2. The van der Waals surface area contributed by atoms with Crippen molar-refractivity contribution < 1.29 is 28.3 Å². The standard InChI is InChI=1S/C24H39N6O6P/c1-7-33-22(32)24(8-9-24)10-11-35-37(29-23(5,6)21(31)36-16(2)3)15-34-17(4)12-30-14-28-18-19(25)26-13-27-20(18)30/h13-14,16-17,29H,7-12,15H2,1-6H3,(H2,25,26,27)/t17-,37?/m1/s1. The quantitative estimate of drug-likeness (QED) is 0.254. The van der Waals surface area contributed by atoms with Crippen LogP contribution in [0.5, 0.6) is 0 Å². The summed E-state index contributed by atoms with van der Waals surface area (Å²) in [6.07, 6.45) is 4.98. The molecule has 1 fully saturated rings. The van der Waals surface area contributed by atoms with Crippen LogP contribution in [0, 0.1) is 5.41 Å². The molecule has 2 aromatic rings. The number of nitrogens with two attached hydrogens (primary N) is 1. The molecule has 2 heterocycles. The van der Waals surface area contributed by atoms with Gasteiger partial charge in [0.05, 0.1) is 43.7 Å². The van der Waals surface area contributed by atoms with Crippen LogP contribution in [-0.4, -0.2) is 68.8 Å². The van der Waals surface area contributed by atoms with Crippen molar-refractivity contribution in [2.45, 2.75) is 85.1 Å². The van der Waals surface area contributed by atoms with Gasteiger partial charge in [-0.05, 0) is 60.8 Å². The molecule has 3 N–H and O–H groups in total. The number of fused-ring (bicyclic) bond motifs is 1. The predicted octanol–water partition coefficient (Wildman–Crippen LogP) is 3.15. The second-order valence-corrected chi connectivity index (χ2v) is 11.6. The maximum atomic E-state index is 12.7. The number of esters is 2. The zero-order valence-electron chi connectivity index (χ0n) is 22.5. The van der Waals surface area contributed by atoms with E-state index in [2.05, 4.69) is 20.0 Å². The molecule has 1 unspecified atom stereocenters. The third-order valence-electron chi connectivity index (χ3n) is 6.01. The Morgan fingerprint density at radius 3 is 2.62 bits per heavy atom. The van der Waals surface area contributed by atoms with E-state index in [0.717, 1.165) is 12.8 Å². The molecular formula is C24H39N6O6P. The second kappa shape index (κ2) is 12.4. The van der Waals surface area contributed by atoms with Gasteiger partial charge in [-0.2, -0.15) is 0 Å². The summed E-state index contributed by atoms with van der Waals surface area (Å²) >= 11 is 0. The summed E-state index contributed by atoms with van der Waals surface area (Å²) in [5, 5.41) is 3.28. The number of anilines is 1. The zero-order chi connectivity index (χ0) is 27.2. The van der Waals surface area contributed by atoms with Crippen molar-refractivity contribution in [3.63, 3.8) is 0 Å². The van der Waals surface area contributed by atoms with Crippen LogP contribution in [0.4, 0.5) is 5.82 Å². The summed E-state index contributed by atoms with van der Waals surface area (Å²) in [7, 11) is -1.39. The van der Waals surface area contributed by atoms with Gasteiger partial charge in [0.25, 0.3) is 0 Å². The molecule has 37 heavy (non-hydrogen) atoms. The van der Waals surface area contributed by atoms with Gasteiger partial charge in [-0.15, -0.1) is 0 Å². The van der Waals surface area contributed by atoms with E-state index in [1.165, 1.54) is 6.33 Å². The first-order valence-corrected chi connectivity index (χ1v) is 14.0. The Kier molecular flexibility index (Phi) is 9.80. The smallest absolute Gasteiger partial charge is 0.326 e. The average Bonchev–Trinajstić information content (AvgIpc) is 3.51. The van der Waals surface area contributed by atoms with E-state index in [9.17, 15) is 9.59 Å². The fourth-order valence-electron chi connectivity index (χ4n) is 3.72. The van der Waals surface area contributed by atoms with Crippen LogP contribution in [-0.2, 0) is 34.9 Å². The first kappa shape index (κ1) is 29.2. The Hall–Kier alpha value is -2.40. The molecule has 0 bridgehead atoms. The number of nitrogens with one attached hydrogen (secondary N) is 1. The van der Waals surface area contributed by atoms with Crippen molar-refractivity contribution in [3.05, 3.63) is 12.7 Å². The van der Waals surface area contributed by atoms with Crippen molar-refractivity contribution in [2.75, 3.05) is 25.3 Å².